The number of carbonyl (C=O) groups is 1. The number of hydrogen-bond acceptors (Lipinski definition) is 4. The summed E-state index contributed by atoms with van der Waals surface area (Å²) in [6, 6.07) is 5.12. The Morgan fingerprint density at radius 2 is 2.31 bits per heavy atom. The zero-order chi connectivity index (χ0) is 9.26. The van der Waals surface area contributed by atoms with Gasteiger partial charge in [0, 0.05) is 23.3 Å². The Balaban J connectivity index is 2.42. The van der Waals surface area contributed by atoms with Gasteiger partial charge < -0.3 is 9.47 Å². The largest absolute Gasteiger partial charge is 0.452 e. The Morgan fingerprint density at radius 3 is 3.08 bits per heavy atom. The van der Waals surface area contributed by atoms with E-state index in [0.717, 1.165) is 11.8 Å². The maximum absolute atomic E-state index is 10.4. The molecule has 66 valence electrons. The molecule has 1 aromatic rings. The monoisotopic (exact) mass is 194 g/mol. The van der Waals surface area contributed by atoms with Crippen molar-refractivity contribution in [2.75, 3.05) is 0 Å². The zero-order valence-electron chi connectivity index (χ0n) is 6.65. The van der Waals surface area contributed by atoms with Crippen LogP contribution < -0.4 is 4.74 Å². The van der Waals surface area contributed by atoms with Crippen LogP contribution in [0.2, 0.25) is 0 Å². The van der Waals surface area contributed by atoms with Gasteiger partial charge in [-0.2, -0.15) is 0 Å². The highest BCUT2D eigenvalue weighted by molar-refractivity contribution is 7.79. The second-order valence-electron chi connectivity index (χ2n) is 2.63. The van der Waals surface area contributed by atoms with E-state index in [1.54, 1.807) is 18.2 Å². The molecule has 4 heteroatoms. The van der Waals surface area contributed by atoms with Crippen molar-refractivity contribution in [2.24, 2.45) is 0 Å². The van der Waals surface area contributed by atoms with Gasteiger partial charge >= 0.3 is 5.24 Å². The fourth-order valence-corrected chi connectivity index (χ4v) is 1.29. The summed E-state index contributed by atoms with van der Waals surface area (Å²) in [5.41, 5.74) is 1.46. The Hall–Kier alpha value is -1.42. The first kappa shape index (κ1) is 8.19. The van der Waals surface area contributed by atoms with E-state index in [-0.39, 0.29) is 5.24 Å². The third kappa shape index (κ3) is 1.53. The molecule has 2 rings (SSSR count). The second-order valence-corrected chi connectivity index (χ2v) is 2.96. The summed E-state index contributed by atoms with van der Waals surface area (Å²) in [5, 5.41) is 0.131. The highest BCUT2D eigenvalue weighted by atomic mass is 32.1. The minimum atomic E-state index is 0.131. The molecule has 13 heavy (non-hydrogen) atoms. The lowest BCUT2D eigenvalue weighted by Crippen LogP contribution is -2.16. The Bertz CT molecular complexity index is 373. The van der Waals surface area contributed by atoms with E-state index in [1.807, 2.05) is 0 Å². The first-order valence-electron chi connectivity index (χ1n) is 3.72. The SMILES string of the molecule is O=Cc1ccc2c(c1)COC(=S)O2. The first-order chi connectivity index (χ1) is 6.29. The lowest BCUT2D eigenvalue weighted by Gasteiger charge is -2.17. The molecule has 3 nitrogen and oxygen atoms in total. The molecule has 0 spiro atoms. The van der Waals surface area contributed by atoms with Crippen LogP contribution >= 0.6 is 12.2 Å². The van der Waals surface area contributed by atoms with Crippen LogP contribution in [0.15, 0.2) is 18.2 Å². The zero-order valence-corrected chi connectivity index (χ0v) is 7.47. The summed E-state index contributed by atoms with van der Waals surface area (Å²) >= 11 is 4.73. The molecule has 0 unspecified atom stereocenters. The number of fused-ring (bicyclic) bond motifs is 1. The lowest BCUT2D eigenvalue weighted by atomic mass is 10.1. The van der Waals surface area contributed by atoms with Crippen molar-refractivity contribution in [3.8, 4) is 5.75 Å². The van der Waals surface area contributed by atoms with E-state index >= 15 is 0 Å². The minimum Gasteiger partial charge on any atom is -0.452 e. The van der Waals surface area contributed by atoms with Crippen LogP contribution in [0, 0.1) is 0 Å². The molecule has 0 bridgehead atoms. The van der Waals surface area contributed by atoms with Crippen LogP contribution in [-0.4, -0.2) is 11.5 Å². The summed E-state index contributed by atoms with van der Waals surface area (Å²) in [6.07, 6.45) is 0.785. The molecule has 0 aromatic heterocycles. The molecule has 1 aliphatic heterocycles. The predicted octanol–water partition coefficient (Wildman–Crippen LogP) is 1.69. The molecule has 0 saturated heterocycles. The number of aldehydes is 1. The van der Waals surface area contributed by atoms with Crippen LogP contribution in [0.5, 0.6) is 5.75 Å². The van der Waals surface area contributed by atoms with Crippen molar-refractivity contribution in [3.63, 3.8) is 0 Å². The standard InChI is InChI=1S/C9H6O3S/c10-4-6-1-2-8-7(3-6)5-11-9(13)12-8/h1-4H,5H2. The molecular formula is C9H6O3S. The van der Waals surface area contributed by atoms with Crippen molar-refractivity contribution in [3.05, 3.63) is 29.3 Å². The van der Waals surface area contributed by atoms with Gasteiger partial charge in [-0.05, 0) is 18.2 Å². The summed E-state index contributed by atoms with van der Waals surface area (Å²) < 4.78 is 10.1. The Labute approximate surface area is 80.3 Å². The quantitative estimate of drug-likeness (QED) is 0.503. The average molecular weight is 194 g/mol. The van der Waals surface area contributed by atoms with Gasteiger partial charge in [-0.15, -0.1) is 0 Å². The number of hydrogen-bond donors (Lipinski definition) is 0. The third-order valence-corrected chi connectivity index (χ3v) is 1.96. The van der Waals surface area contributed by atoms with Crippen LogP contribution in [-0.2, 0) is 11.3 Å². The number of thiocarbonyl (C=S) groups is 1. The topological polar surface area (TPSA) is 35.5 Å². The van der Waals surface area contributed by atoms with Gasteiger partial charge in [0.2, 0.25) is 0 Å². The predicted molar refractivity (Wildman–Crippen MR) is 49.8 cm³/mol. The van der Waals surface area contributed by atoms with Gasteiger partial charge in [0.25, 0.3) is 0 Å². The first-order valence-corrected chi connectivity index (χ1v) is 4.13. The third-order valence-electron chi connectivity index (χ3n) is 1.76. The average Bonchev–Trinajstić information content (AvgIpc) is 2.17. The van der Waals surface area contributed by atoms with Crippen LogP contribution in [0.1, 0.15) is 15.9 Å². The fraction of sp³-hybridized carbons (Fsp3) is 0.111. The maximum atomic E-state index is 10.4. The van der Waals surface area contributed by atoms with E-state index in [2.05, 4.69) is 0 Å². The molecule has 0 N–H and O–H groups in total. The van der Waals surface area contributed by atoms with Gasteiger partial charge in [-0.1, -0.05) is 0 Å². The lowest BCUT2D eigenvalue weighted by molar-refractivity contribution is 0.112. The maximum Gasteiger partial charge on any atom is 0.358 e. The molecule has 0 radical (unpaired) electrons. The molecule has 0 fully saturated rings. The van der Waals surface area contributed by atoms with E-state index in [0.29, 0.717) is 17.9 Å². The second kappa shape index (κ2) is 3.14. The molecule has 0 saturated carbocycles. The van der Waals surface area contributed by atoms with Gasteiger partial charge in [-0.3, -0.25) is 4.79 Å². The Kier molecular flexibility index (Phi) is 1.98. The van der Waals surface area contributed by atoms with Crippen LogP contribution in [0.25, 0.3) is 0 Å². The normalized spacial score (nSPS) is 14.0. The van der Waals surface area contributed by atoms with E-state index in [1.165, 1.54) is 0 Å². The highest BCUT2D eigenvalue weighted by Crippen LogP contribution is 2.24. The van der Waals surface area contributed by atoms with Crippen molar-refractivity contribution in [1.29, 1.82) is 0 Å². The number of ether oxygens (including phenoxy) is 2. The summed E-state index contributed by atoms with van der Waals surface area (Å²) in [5.74, 6) is 0.668. The van der Waals surface area contributed by atoms with Gasteiger partial charge in [0.1, 0.15) is 18.6 Å². The molecule has 1 heterocycles. The number of rotatable bonds is 1. The molecule has 0 aliphatic carbocycles. The summed E-state index contributed by atoms with van der Waals surface area (Å²) in [4.78, 5) is 10.4. The van der Waals surface area contributed by atoms with Crippen LogP contribution in [0.4, 0.5) is 0 Å². The highest BCUT2D eigenvalue weighted by Gasteiger charge is 2.14. The molecule has 0 atom stereocenters. The van der Waals surface area contributed by atoms with E-state index in [9.17, 15) is 4.79 Å². The van der Waals surface area contributed by atoms with E-state index in [4.69, 9.17) is 21.7 Å². The molecular weight excluding hydrogens is 188 g/mol. The summed E-state index contributed by atoms with van der Waals surface area (Å²) in [6.45, 7) is 0.371. The number of benzene rings is 1. The molecule has 1 aromatic carbocycles. The van der Waals surface area contributed by atoms with Gasteiger partial charge in [0.15, 0.2) is 0 Å². The van der Waals surface area contributed by atoms with Gasteiger partial charge in [-0.25, -0.2) is 0 Å². The molecule has 0 amide bonds. The van der Waals surface area contributed by atoms with Crippen LogP contribution in [0.3, 0.4) is 0 Å². The smallest absolute Gasteiger partial charge is 0.358 e. The van der Waals surface area contributed by atoms with Gasteiger partial charge in [0.05, 0.1) is 0 Å². The number of carbonyl (C=O) groups excluding carboxylic acids is 1. The van der Waals surface area contributed by atoms with Crippen molar-refractivity contribution < 1.29 is 14.3 Å². The van der Waals surface area contributed by atoms with Crippen molar-refractivity contribution in [2.45, 2.75) is 6.61 Å². The Morgan fingerprint density at radius 1 is 1.46 bits per heavy atom. The summed E-state index contributed by atoms with van der Waals surface area (Å²) in [7, 11) is 0. The minimum absolute atomic E-state index is 0.131. The van der Waals surface area contributed by atoms with E-state index < -0.39 is 0 Å². The van der Waals surface area contributed by atoms with Crippen molar-refractivity contribution in [1.82, 2.24) is 0 Å². The fourth-order valence-electron chi connectivity index (χ4n) is 1.14. The van der Waals surface area contributed by atoms with Crippen molar-refractivity contribution >= 4 is 23.7 Å². The molecule has 1 aliphatic rings.